The van der Waals surface area contributed by atoms with Crippen LogP contribution < -0.4 is 5.73 Å². The van der Waals surface area contributed by atoms with Crippen LogP contribution in [0.1, 0.15) is 31.4 Å². The molecule has 2 rings (SSSR count). The summed E-state index contributed by atoms with van der Waals surface area (Å²) in [5.41, 5.74) is 6.55. The van der Waals surface area contributed by atoms with Gasteiger partial charge in [-0.3, -0.25) is 0 Å². The van der Waals surface area contributed by atoms with Crippen LogP contribution in [-0.2, 0) is 4.74 Å². The van der Waals surface area contributed by atoms with Gasteiger partial charge in [-0.15, -0.1) is 11.8 Å². The van der Waals surface area contributed by atoms with Crippen LogP contribution in [0.15, 0.2) is 23.1 Å². The van der Waals surface area contributed by atoms with Crippen molar-refractivity contribution < 1.29 is 9.13 Å². The van der Waals surface area contributed by atoms with E-state index in [9.17, 15) is 4.39 Å². The Bertz CT molecular complexity index is 378. The van der Waals surface area contributed by atoms with Crippen molar-refractivity contribution in [3.05, 3.63) is 29.6 Å². The van der Waals surface area contributed by atoms with Crippen molar-refractivity contribution in [2.24, 2.45) is 5.73 Å². The van der Waals surface area contributed by atoms with E-state index in [4.69, 9.17) is 10.5 Å². The molecule has 1 heterocycles. The second kappa shape index (κ2) is 5.85. The summed E-state index contributed by atoms with van der Waals surface area (Å²) in [5, 5.41) is 0. The van der Waals surface area contributed by atoms with Crippen molar-refractivity contribution in [2.75, 3.05) is 12.4 Å². The van der Waals surface area contributed by atoms with Crippen molar-refractivity contribution in [3.8, 4) is 0 Å². The molecular formula is C13H18FNOS. The number of benzene rings is 1. The lowest BCUT2D eigenvalue weighted by atomic mass is 10.1. The lowest BCUT2D eigenvalue weighted by molar-refractivity contribution is 0.129. The maximum atomic E-state index is 13.8. The van der Waals surface area contributed by atoms with Crippen LogP contribution in [-0.4, -0.2) is 18.5 Å². The first-order valence-electron chi connectivity index (χ1n) is 5.96. The standard InChI is InChI=1S/C13H18FNOS/c1-9(15)10-4-5-13(12(14)7-10)17-8-11-3-2-6-16-11/h4-5,7,9,11H,2-3,6,8,15H2,1H3. The normalized spacial score (nSPS) is 21.7. The fourth-order valence-corrected chi connectivity index (χ4v) is 2.87. The Hall–Kier alpha value is -0.580. The molecule has 1 aromatic carbocycles. The zero-order valence-electron chi connectivity index (χ0n) is 9.99. The molecule has 17 heavy (non-hydrogen) atoms. The summed E-state index contributed by atoms with van der Waals surface area (Å²) in [6.45, 7) is 2.70. The van der Waals surface area contributed by atoms with Gasteiger partial charge in [0.15, 0.2) is 0 Å². The van der Waals surface area contributed by atoms with Gasteiger partial charge in [-0.25, -0.2) is 4.39 Å². The molecule has 1 saturated heterocycles. The molecule has 94 valence electrons. The molecule has 2 atom stereocenters. The van der Waals surface area contributed by atoms with Crippen molar-refractivity contribution >= 4 is 11.8 Å². The number of hydrogen-bond donors (Lipinski definition) is 1. The van der Waals surface area contributed by atoms with E-state index in [1.54, 1.807) is 0 Å². The minimum atomic E-state index is -0.178. The number of halogens is 1. The Morgan fingerprint density at radius 3 is 3.00 bits per heavy atom. The molecule has 0 spiro atoms. The predicted octanol–water partition coefficient (Wildman–Crippen LogP) is 3.12. The molecule has 1 aliphatic heterocycles. The first-order chi connectivity index (χ1) is 8.16. The highest BCUT2D eigenvalue weighted by molar-refractivity contribution is 7.99. The van der Waals surface area contributed by atoms with Gasteiger partial charge >= 0.3 is 0 Å². The van der Waals surface area contributed by atoms with E-state index in [0.29, 0.717) is 4.90 Å². The fraction of sp³-hybridized carbons (Fsp3) is 0.538. The third-order valence-electron chi connectivity index (χ3n) is 2.93. The summed E-state index contributed by atoms with van der Waals surface area (Å²) in [7, 11) is 0. The van der Waals surface area contributed by atoms with Gasteiger partial charge in [0.25, 0.3) is 0 Å². The maximum Gasteiger partial charge on any atom is 0.137 e. The predicted molar refractivity (Wildman–Crippen MR) is 68.7 cm³/mol. The van der Waals surface area contributed by atoms with Gasteiger partial charge in [-0.05, 0) is 37.5 Å². The Morgan fingerprint density at radius 2 is 2.41 bits per heavy atom. The first kappa shape index (κ1) is 12.9. The van der Waals surface area contributed by atoms with Crippen LogP contribution >= 0.6 is 11.8 Å². The van der Waals surface area contributed by atoms with E-state index in [1.807, 2.05) is 19.1 Å². The third kappa shape index (κ3) is 3.44. The zero-order valence-corrected chi connectivity index (χ0v) is 10.8. The van der Waals surface area contributed by atoms with Crippen LogP contribution in [0.4, 0.5) is 4.39 Å². The summed E-state index contributed by atoms with van der Waals surface area (Å²) < 4.78 is 19.3. The summed E-state index contributed by atoms with van der Waals surface area (Å²) in [6, 6.07) is 5.11. The van der Waals surface area contributed by atoms with Crippen LogP contribution in [0, 0.1) is 5.82 Å². The lowest BCUT2D eigenvalue weighted by Gasteiger charge is -2.11. The topological polar surface area (TPSA) is 35.2 Å². The second-order valence-electron chi connectivity index (χ2n) is 4.42. The smallest absolute Gasteiger partial charge is 0.137 e. The molecule has 4 heteroatoms. The molecule has 1 aliphatic rings. The van der Waals surface area contributed by atoms with Crippen LogP contribution in [0.25, 0.3) is 0 Å². The molecular weight excluding hydrogens is 237 g/mol. The lowest BCUT2D eigenvalue weighted by Crippen LogP contribution is -2.08. The molecule has 0 bridgehead atoms. The average molecular weight is 255 g/mol. The van der Waals surface area contributed by atoms with Gasteiger partial charge in [0.2, 0.25) is 0 Å². The van der Waals surface area contributed by atoms with E-state index < -0.39 is 0 Å². The van der Waals surface area contributed by atoms with Gasteiger partial charge in [-0.1, -0.05) is 6.07 Å². The average Bonchev–Trinajstić information content (AvgIpc) is 2.80. The van der Waals surface area contributed by atoms with Gasteiger partial charge < -0.3 is 10.5 Å². The van der Waals surface area contributed by atoms with Gasteiger partial charge in [-0.2, -0.15) is 0 Å². The molecule has 0 aliphatic carbocycles. The minimum absolute atomic E-state index is 0.123. The number of rotatable bonds is 4. The Labute approximate surface area is 106 Å². The number of hydrogen-bond acceptors (Lipinski definition) is 3. The molecule has 1 fully saturated rings. The van der Waals surface area contributed by atoms with Crippen LogP contribution in [0.5, 0.6) is 0 Å². The van der Waals surface area contributed by atoms with E-state index in [2.05, 4.69) is 0 Å². The van der Waals surface area contributed by atoms with Crippen molar-refractivity contribution in [3.63, 3.8) is 0 Å². The summed E-state index contributed by atoms with van der Waals surface area (Å²) >= 11 is 1.52. The van der Waals surface area contributed by atoms with Crippen LogP contribution in [0.3, 0.4) is 0 Å². The Kier molecular flexibility index (Phi) is 4.42. The van der Waals surface area contributed by atoms with Crippen LogP contribution in [0.2, 0.25) is 0 Å². The Balaban J connectivity index is 1.96. The molecule has 2 unspecified atom stereocenters. The van der Waals surface area contributed by atoms with Crippen molar-refractivity contribution in [2.45, 2.75) is 36.8 Å². The van der Waals surface area contributed by atoms with E-state index in [1.165, 1.54) is 17.8 Å². The van der Waals surface area contributed by atoms with Gasteiger partial charge in [0.05, 0.1) is 6.10 Å². The molecule has 2 nitrogen and oxygen atoms in total. The first-order valence-corrected chi connectivity index (χ1v) is 6.95. The quantitative estimate of drug-likeness (QED) is 0.840. The number of nitrogens with two attached hydrogens (primary N) is 1. The second-order valence-corrected chi connectivity index (χ2v) is 5.49. The fourth-order valence-electron chi connectivity index (χ4n) is 1.88. The number of thioether (sulfide) groups is 1. The summed E-state index contributed by atoms with van der Waals surface area (Å²) in [6.07, 6.45) is 2.50. The van der Waals surface area contributed by atoms with E-state index >= 15 is 0 Å². The van der Waals surface area contributed by atoms with Gasteiger partial charge in [0, 0.05) is 23.3 Å². The monoisotopic (exact) mass is 255 g/mol. The molecule has 0 radical (unpaired) electrons. The molecule has 2 N–H and O–H groups in total. The van der Waals surface area contributed by atoms with Crippen molar-refractivity contribution in [1.29, 1.82) is 0 Å². The molecule has 0 saturated carbocycles. The highest BCUT2D eigenvalue weighted by Gasteiger charge is 2.16. The maximum absolute atomic E-state index is 13.8. The van der Waals surface area contributed by atoms with E-state index in [-0.39, 0.29) is 18.0 Å². The molecule has 0 amide bonds. The highest BCUT2D eigenvalue weighted by Crippen LogP contribution is 2.27. The Morgan fingerprint density at radius 1 is 1.59 bits per heavy atom. The van der Waals surface area contributed by atoms with Crippen molar-refractivity contribution in [1.82, 2.24) is 0 Å². The summed E-state index contributed by atoms with van der Waals surface area (Å²) in [4.78, 5) is 0.685. The van der Waals surface area contributed by atoms with E-state index in [0.717, 1.165) is 30.8 Å². The minimum Gasteiger partial charge on any atom is -0.377 e. The summed E-state index contributed by atoms with van der Waals surface area (Å²) in [5.74, 6) is 0.650. The molecule has 0 aromatic heterocycles. The van der Waals surface area contributed by atoms with Gasteiger partial charge in [0.1, 0.15) is 5.82 Å². The number of ether oxygens (including phenoxy) is 1. The largest absolute Gasteiger partial charge is 0.377 e. The molecule has 1 aromatic rings. The SMILES string of the molecule is CC(N)c1ccc(SCC2CCCO2)c(F)c1. The zero-order chi connectivity index (χ0) is 12.3. The third-order valence-corrected chi connectivity index (χ3v) is 4.11. The highest BCUT2D eigenvalue weighted by atomic mass is 32.2.